The number of hydrazine groups is 1. The predicted octanol–water partition coefficient (Wildman–Crippen LogP) is 2.46. The van der Waals surface area contributed by atoms with Crippen molar-refractivity contribution in [2.24, 2.45) is 0 Å². The third-order valence-corrected chi connectivity index (χ3v) is 6.06. The second kappa shape index (κ2) is 8.84. The first-order chi connectivity index (χ1) is 14.9. The van der Waals surface area contributed by atoms with Gasteiger partial charge < -0.3 is 5.84 Å². The first-order valence-electron chi connectivity index (χ1n) is 9.61. The standard InChI is InChI=1S/C20H21N7O3S/c1-12-2-4-13(5-3-12)16-10-17(23-22-16)19-24-25-20(26(19)21)31-11-18(28)14-6-8-15(9-7-14)27(29)30/h2-9,16-17,22-23H,10-11,21H2,1H3. The lowest BCUT2D eigenvalue weighted by molar-refractivity contribution is -0.384. The Bertz CT molecular complexity index is 1100. The van der Waals surface area contributed by atoms with Gasteiger partial charge in [0.05, 0.1) is 16.7 Å². The van der Waals surface area contributed by atoms with E-state index in [1.807, 2.05) is 0 Å². The molecule has 1 aliphatic rings. The smallest absolute Gasteiger partial charge is 0.269 e. The minimum absolute atomic E-state index is 0.0582. The molecule has 1 saturated heterocycles. The highest BCUT2D eigenvalue weighted by Gasteiger charge is 2.30. The number of carbonyl (C=O) groups excluding carboxylic acids is 1. The number of thioether (sulfide) groups is 1. The number of hydrogen-bond acceptors (Lipinski definition) is 9. The molecule has 11 heteroatoms. The van der Waals surface area contributed by atoms with Crippen LogP contribution in [0.4, 0.5) is 5.69 Å². The zero-order chi connectivity index (χ0) is 22.0. The van der Waals surface area contributed by atoms with Crippen LogP contribution in [0.2, 0.25) is 0 Å². The Kier molecular flexibility index (Phi) is 5.98. The summed E-state index contributed by atoms with van der Waals surface area (Å²) in [5, 5.41) is 19.5. The molecule has 0 spiro atoms. The lowest BCUT2D eigenvalue weighted by Crippen LogP contribution is -2.29. The van der Waals surface area contributed by atoms with E-state index in [4.69, 9.17) is 5.84 Å². The summed E-state index contributed by atoms with van der Waals surface area (Å²) in [7, 11) is 0. The van der Waals surface area contributed by atoms with Gasteiger partial charge in [-0.05, 0) is 31.0 Å². The Labute approximate surface area is 182 Å². The summed E-state index contributed by atoms with van der Waals surface area (Å²) in [5.74, 6) is 6.67. The average Bonchev–Trinajstić information content (AvgIpc) is 3.39. The maximum absolute atomic E-state index is 12.4. The van der Waals surface area contributed by atoms with Crippen LogP contribution >= 0.6 is 11.8 Å². The van der Waals surface area contributed by atoms with Gasteiger partial charge in [-0.2, -0.15) is 0 Å². The van der Waals surface area contributed by atoms with Crippen LogP contribution in [0.5, 0.6) is 0 Å². The highest BCUT2D eigenvalue weighted by Crippen LogP contribution is 2.31. The van der Waals surface area contributed by atoms with Crippen molar-refractivity contribution in [2.45, 2.75) is 30.6 Å². The van der Waals surface area contributed by atoms with Crippen LogP contribution in [0.3, 0.4) is 0 Å². The van der Waals surface area contributed by atoms with Crippen LogP contribution in [0, 0.1) is 17.0 Å². The molecule has 0 aliphatic carbocycles. The monoisotopic (exact) mass is 439 g/mol. The summed E-state index contributed by atoms with van der Waals surface area (Å²) in [4.78, 5) is 22.6. The van der Waals surface area contributed by atoms with Crippen molar-refractivity contribution in [1.82, 2.24) is 25.7 Å². The molecular weight excluding hydrogens is 418 g/mol. The SMILES string of the molecule is Cc1ccc(C2CC(c3nnc(SCC(=O)c4ccc([N+](=O)[O-])cc4)n3N)NN2)cc1. The first-order valence-corrected chi connectivity index (χ1v) is 10.6. The van der Waals surface area contributed by atoms with E-state index in [2.05, 4.69) is 52.2 Å². The molecule has 1 fully saturated rings. The molecule has 4 N–H and O–H groups in total. The fourth-order valence-corrected chi connectivity index (χ4v) is 4.11. The van der Waals surface area contributed by atoms with Gasteiger partial charge in [-0.1, -0.05) is 41.6 Å². The van der Waals surface area contributed by atoms with Gasteiger partial charge in [-0.25, -0.2) is 15.5 Å². The van der Waals surface area contributed by atoms with Gasteiger partial charge in [0.1, 0.15) is 0 Å². The zero-order valence-corrected chi connectivity index (χ0v) is 17.5. The maximum Gasteiger partial charge on any atom is 0.269 e. The lowest BCUT2D eigenvalue weighted by Gasteiger charge is -2.10. The molecule has 4 rings (SSSR count). The topological polar surface area (TPSA) is 141 Å². The summed E-state index contributed by atoms with van der Waals surface area (Å²) >= 11 is 1.17. The number of carbonyl (C=O) groups is 1. The summed E-state index contributed by atoms with van der Waals surface area (Å²) in [6.07, 6.45) is 0.755. The Morgan fingerprint density at radius 2 is 1.84 bits per heavy atom. The number of nitrogens with zero attached hydrogens (tertiary/aromatic N) is 4. The third-order valence-electron chi connectivity index (χ3n) is 5.12. The van der Waals surface area contributed by atoms with Crippen LogP contribution in [0.25, 0.3) is 0 Å². The maximum atomic E-state index is 12.4. The molecule has 2 atom stereocenters. The second-order valence-electron chi connectivity index (χ2n) is 7.27. The number of non-ortho nitro benzene ring substituents is 1. The van der Waals surface area contributed by atoms with Crippen LogP contribution in [-0.4, -0.2) is 31.3 Å². The van der Waals surface area contributed by atoms with Gasteiger partial charge >= 0.3 is 0 Å². The van der Waals surface area contributed by atoms with Gasteiger partial charge in [0.2, 0.25) is 5.16 Å². The van der Waals surface area contributed by atoms with Crippen molar-refractivity contribution in [1.29, 1.82) is 0 Å². The number of ketones is 1. The number of nitrogens with one attached hydrogen (secondary N) is 2. The fraction of sp³-hybridized carbons (Fsp3) is 0.250. The van der Waals surface area contributed by atoms with Crippen molar-refractivity contribution in [2.75, 3.05) is 11.6 Å². The largest absolute Gasteiger partial charge is 0.335 e. The van der Waals surface area contributed by atoms with E-state index >= 15 is 0 Å². The predicted molar refractivity (Wildman–Crippen MR) is 116 cm³/mol. The van der Waals surface area contributed by atoms with E-state index in [1.54, 1.807) is 0 Å². The molecule has 0 amide bonds. The lowest BCUT2D eigenvalue weighted by atomic mass is 10.0. The second-order valence-corrected chi connectivity index (χ2v) is 8.21. The molecule has 3 aromatic rings. The number of aryl methyl sites for hydroxylation is 1. The van der Waals surface area contributed by atoms with Gasteiger partial charge in [0, 0.05) is 23.7 Å². The summed E-state index contributed by atoms with van der Waals surface area (Å²) in [5.41, 5.74) is 9.19. The van der Waals surface area contributed by atoms with Crippen molar-refractivity contribution < 1.29 is 9.72 Å². The van der Waals surface area contributed by atoms with Crippen LogP contribution in [0.15, 0.2) is 53.7 Å². The molecule has 0 saturated carbocycles. The van der Waals surface area contributed by atoms with Crippen LogP contribution < -0.4 is 16.7 Å². The number of benzene rings is 2. The van der Waals surface area contributed by atoms with E-state index in [-0.39, 0.29) is 29.3 Å². The number of nitro benzene ring substituents is 1. The van der Waals surface area contributed by atoms with Crippen molar-refractivity contribution in [3.8, 4) is 0 Å². The van der Waals surface area contributed by atoms with Crippen molar-refractivity contribution in [3.63, 3.8) is 0 Å². The van der Waals surface area contributed by atoms with E-state index < -0.39 is 4.92 Å². The molecule has 0 radical (unpaired) electrons. The zero-order valence-electron chi connectivity index (χ0n) is 16.7. The molecule has 1 aliphatic heterocycles. The molecule has 10 nitrogen and oxygen atoms in total. The number of nitrogens with two attached hydrogens (primary N) is 1. The third kappa shape index (κ3) is 4.58. The van der Waals surface area contributed by atoms with E-state index in [1.165, 1.54) is 51.8 Å². The number of nitro groups is 1. The number of nitrogen functional groups attached to an aromatic ring is 1. The minimum Gasteiger partial charge on any atom is -0.335 e. The quantitative estimate of drug-likeness (QED) is 0.166. The van der Waals surface area contributed by atoms with E-state index in [9.17, 15) is 14.9 Å². The van der Waals surface area contributed by atoms with Gasteiger partial charge in [0.25, 0.3) is 5.69 Å². The first kappa shape index (κ1) is 21.0. The van der Waals surface area contributed by atoms with Gasteiger partial charge in [-0.3, -0.25) is 14.9 Å². The van der Waals surface area contributed by atoms with Gasteiger partial charge in [-0.15, -0.1) is 10.2 Å². The number of rotatable bonds is 7. The highest BCUT2D eigenvalue weighted by atomic mass is 32.2. The molecule has 31 heavy (non-hydrogen) atoms. The van der Waals surface area contributed by atoms with Crippen molar-refractivity contribution >= 4 is 23.2 Å². The number of Topliss-reactive ketones (excluding diaryl/α,β-unsaturated/α-hetero) is 1. The van der Waals surface area contributed by atoms with Crippen LogP contribution in [-0.2, 0) is 0 Å². The van der Waals surface area contributed by atoms with E-state index in [0.717, 1.165) is 6.42 Å². The normalized spacial score (nSPS) is 18.2. The molecule has 2 heterocycles. The van der Waals surface area contributed by atoms with E-state index in [0.29, 0.717) is 16.5 Å². The Balaban J connectivity index is 1.37. The number of aromatic nitrogens is 3. The summed E-state index contributed by atoms with van der Waals surface area (Å²) < 4.78 is 1.39. The number of hydrogen-bond donors (Lipinski definition) is 3. The van der Waals surface area contributed by atoms with Gasteiger partial charge in [0.15, 0.2) is 11.6 Å². The Hall–Kier alpha value is -3.28. The van der Waals surface area contributed by atoms with Crippen molar-refractivity contribution in [3.05, 3.63) is 81.2 Å². The molecule has 2 aromatic carbocycles. The summed E-state index contributed by atoms with van der Waals surface area (Å²) in [6.45, 7) is 2.05. The average molecular weight is 440 g/mol. The molecule has 1 aromatic heterocycles. The Morgan fingerprint density at radius 1 is 1.16 bits per heavy atom. The molecule has 2 unspecified atom stereocenters. The fourth-order valence-electron chi connectivity index (χ4n) is 3.35. The molecule has 0 bridgehead atoms. The minimum atomic E-state index is -0.503. The highest BCUT2D eigenvalue weighted by molar-refractivity contribution is 7.99. The van der Waals surface area contributed by atoms with Crippen LogP contribution in [0.1, 0.15) is 45.8 Å². The molecular formula is C20H21N7O3S. The Morgan fingerprint density at radius 3 is 2.52 bits per heavy atom. The molecule has 160 valence electrons. The summed E-state index contributed by atoms with van der Waals surface area (Å²) in [6, 6.07) is 13.8.